The van der Waals surface area contributed by atoms with Gasteiger partial charge in [0.05, 0.1) is 23.5 Å². The highest BCUT2D eigenvalue weighted by Gasteiger charge is 2.17. The number of aromatic nitrogens is 1. The standard InChI is InChI=1S/C20H20N2O4S2/c1-14-12-15(8-9-18(14)26-2)17-13-27-20(21-17)22-19(23)10-11-28(24,25)16-6-4-3-5-7-16/h3-9,12-13H,10-11H2,1-2H3,(H,21,22,23). The molecule has 8 heteroatoms. The van der Waals surface area contributed by atoms with Gasteiger partial charge in [-0.1, -0.05) is 18.2 Å². The van der Waals surface area contributed by atoms with E-state index in [9.17, 15) is 13.2 Å². The SMILES string of the molecule is COc1ccc(-c2csc(NC(=O)CCS(=O)(=O)c3ccccc3)n2)cc1C. The molecule has 0 radical (unpaired) electrons. The number of aryl methyl sites for hydroxylation is 1. The Hall–Kier alpha value is -2.71. The molecule has 1 amide bonds. The molecular formula is C20H20N2O4S2. The fourth-order valence-electron chi connectivity index (χ4n) is 2.66. The number of rotatable bonds is 7. The van der Waals surface area contributed by atoms with Crippen LogP contribution in [0.4, 0.5) is 5.13 Å². The molecule has 1 heterocycles. The first kappa shape index (κ1) is 20.0. The molecule has 28 heavy (non-hydrogen) atoms. The monoisotopic (exact) mass is 416 g/mol. The van der Waals surface area contributed by atoms with Crippen LogP contribution >= 0.6 is 11.3 Å². The number of hydrogen-bond donors (Lipinski definition) is 1. The molecule has 1 aromatic heterocycles. The second-order valence-corrected chi connectivity index (χ2v) is 9.12. The fourth-order valence-corrected chi connectivity index (χ4v) is 4.65. The van der Waals surface area contributed by atoms with E-state index in [2.05, 4.69) is 10.3 Å². The van der Waals surface area contributed by atoms with E-state index in [0.717, 1.165) is 22.6 Å². The summed E-state index contributed by atoms with van der Waals surface area (Å²) in [5.74, 6) is 0.164. The number of carbonyl (C=O) groups excluding carboxylic acids is 1. The Labute approximate surface area is 168 Å². The number of nitrogens with zero attached hydrogens (tertiary/aromatic N) is 1. The maximum absolute atomic E-state index is 12.3. The van der Waals surface area contributed by atoms with Gasteiger partial charge in [0.25, 0.3) is 0 Å². The molecule has 0 saturated heterocycles. The first-order valence-electron chi connectivity index (χ1n) is 8.57. The van der Waals surface area contributed by atoms with Gasteiger partial charge >= 0.3 is 0 Å². The van der Waals surface area contributed by atoms with Crippen molar-refractivity contribution in [2.75, 3.05) is 18.2 Å². The van der Waals surface area contributed by atoms with Gasteiger partial charge in [0.15, 0.2) is 15.0 Å². The summed E-state index contributed by atoms with van der Waals surface area (Å²) in [6.07, 6.45) is -0.131. The molecule has 0 saturated carbocycles. The highest BCUT2D eigenvalue weighted by molar-refractivity contribution is 7.91. The Morgan fingerprint density at radius 1 is 1.18 bits per heavy atom. The van der Waals surface area contributed by atoms with E-state index in [4.69, 9.17) is 4.74 Å². The summed E-state index contributed by atoms with van der Waals surface area (Å²) in [5, 5.41) is 4.95. The second-order valence-electron chi connectivity index (χ2n) is 6.15. The molecule has 2 aromatic carbocycles. The van der Waals surface area contributed by atoms with Crippen molar-refractivity contribution in [1.29, 1.82) is 0 Å². The lowest BCUT2D eigenvalue weighted by Gasteiger charge is -2.06. The summed E-state index contributed by atoms with van der Waals surface area (Å²) in [6, 6.07) is 13.8. The lowest BCUT2D eigenvalue weighted by atomic mass is 10.1. The minimum Gasteiger partial charge on any atom is -0.496 e. The average Bonchev–Trinajstić information content (AvgIpc) is 3.15. The molecule has 0 bridgehead atoms. The van der Waals surface area contributed by atoms with Crippen molar-refractivity contribution >= 4 is 32.2 Å². The van der Waals surface area contributed by atoms with Gasteiger partial charge < -0.3 is 10.1 Å². The zero-order valence-corrected chi connectivity index (χ0v) is 17.1. The third-order valence-corrected chi connectivity index (χ3v) is 6.63. The lowest BCUT2D eigenvalue weighted by molar-refractivity contribution is -0.115. The number of nitrogens with one attached hydrogen (secondary N) is 1. The van der Waals surface area contributed by atoms with Gasteiger partial charge in [-0.2, -0.15) is 0 Å². The fraction of sp³-hybridized carbons (Fsp3) is 0.200. The average molecular weight is 417 g/mol. The normalized spacial score (nSPS) is 11.2. The van der Waals surface area contributed by atoms with Crippen molar-refractivity contribution in [3.8, 4) is 17.0 Å². The third-order valence-electron chi connectivity index (χ3n) is 4.14. The van der Waals surface area contributed by atoms with E-state index in [0.29, 0.717) is 5.13 Å². The number of benzene rings is 2. The summed E-state index contributed by atoms with van der Waals surface area (Å²) in [7, 11) is -1.86. The van der Waals surface area contributed by atoms with Crippen molar-refractivity contribution in [2.45, 2.75) is 18.2 Å². The Kier molecular flexibility index (Phi) is 6.11. The molecule has 3 aromatic rings. The number of hydrogen-bond acceptors (Lipinski definition) is 6. The summed E-state index contributed by atoms with van der Waals surface area (Å²) in [5.41, 5.74) is 2.65. The Bertz CT molecular complexity index is 1080. The number of anilines is 1. The molecule has 0 aliphatic heterocycles. The number of sulfone groups is 1. The Balaban J connectivity index is 1.62. The van der Waals surface area contributed by atoms with Crippen molar-refractivity contribution in [3.05, 3.63) is 59.5 Å². The summed E-state index contributed by atoms with van der Waals surface area (Å²) < 4.78 is 29.8. The van der Waals surface area contributed by atoms with Crippen molar-refractivity contribution in [1.82, 2.24) is 4.98 Å². The number of methoxy groups -OCH3 is 1. The van der Waals surface area contributed by atoms with E-state index in [1.54, 1.807) is 25.3 Å². The molecule has 6 nitrogen and oxygen atoms in total. The zero-order valence-electron chi connectivity index (χ0n) is 15.5. The van der Waals surface area contributed by atoms with E-state index in [1.165, 1.54) is 23.5 Å². The molecular weight excluding hydrogens is 396 g/mol. The molecule has 146 valence electrons. The van der Waals surface area contributed by atoms with Crippen LogP contribution < -0.4 is 10.1 Å². The van der Waals surface area contributed by atoms with Crippen molar-refractivity contribution in [3.63, 3.8) is 0 Å². The smallest absolute Gasteiger partial charge is 0.227 e. The molecule has 0 aliphatic carbocycles. The topological polar surface area (TPSA) is 85.4 Å². The van der Waals surface area contributed by atoms with Gasteiger partial charge in [-0.3, -0.25) is 4.79 Å². The third kappa shape index (κ3) is 4.76. The molecule has 0 atom stereocenters. The van der Waals surface area contributed by atoms with E-state index >= 15 is 0 Å². The Morgan fingerprint density at radius 2 is 1.93 bits per heavy atom. The minimum atomic E-state index is -3.49. The van der Waals surface area contributed by atoms with Crippen LogP contribution in [0, 0.1) is 6.92 Å². The van der Waals surface area contributed by atoms with E-state index < -0.39 is 9.84 Å². The van der Waals surface area contributed by atoms with Crippen molar-refractivity contribution in [2.24, 2.45) is 0 Å². The van der Waals surface area contributed by atoms with Gasteiger partial charge in [-0.25, -0.2) is 13.4 Å². The van der Waals surface area contributed by atoms with Crippen LogP contribution in [0.5, 0.6) is 5.75 Å². The number of amides is 1. The lowest BCUT2D eigenvalue weighted by Crippen LogP contribution is -2.17. The van der Waals surface area contributed by atoms with Crippen LogP contribution in [0.3, 0.4) is 0 Å². The zero-order chi connectivity index (χ0) is 20.1. The number of ether oxygens (including phenoxy) is 1. The predicted octanol–water partition coefficient (Wildman–Crippen LogP) is 3.93. The van der Waals surface area contributed by atoms with E-state index in [-0.39, 0.29) is 23.0 Å². The maximum atomic E-state index is 12.3. The first-order chi connectivity index (χ1) is 13.4. The Morgan fingerprint density at radius 3 is 2.61 bits per heavy atom. The molecule has 0 aliphatic rings. The second kappa shape index (κ2) is 8.53. The summed E-state index contributed by atoms with van der Waals surface area (Å²) in [4.78, 5) is 16.8. The predicted molar refractivity (Wildman–Crippen MR) is 111 cm³/mol. The maximum Gasteiger partial charge on any atom is 0.227 e. The highest BCUT2D eigenvalue weighted by Crippen LogP contribution is 2.28. The van der Waals surface area contributed by atoms with Crippen LogP contribution in [0.25, 0.3) is 11.3 Å². The van der Waals surface area contributed by atoms with Gasteiger partial charge in [-0.05, 0) is 42.8 Å². The molecule has 3 rings (SSSR count). The van der Waals surface area contributed by atoms with Crippen LogP contribution in [0.2, 0.25) is 0 Å². The summed E-state index contributed by atoms with van der Waals surface area (Å²) >= 11 is 1.29. The molecule has 1 N–H and O–H groups in total. The van der Waals surface area contributed by atoms with Gasteiger partial charge in [0, 0.05) is 17.4 Å². The van der Waals surface area contributed by atoms with Crippen LogP contribution in [-0.4, -0.2) is 32.2 Å². The minimum absolute atomic E-state index is 0.131. The highest BCUT2D eigenvalue weighted by atomic mass is 32.2. The first-order valence-corrected chi connectivity index (χ1v) is 11.1. The molecule has 0 spiro atoms. The summed E-state index contributed by atoms with van der Waals surface area (Å²) in [6.45, 7) is 1.95. The van der Waals surface area contributed by atoms with E-state index in [1.807, 2.05) is 30.5 Å². The van der Waals surface area contributed by atoms with Gasteiger partial charge in [0.2, 0.25) is 5.91 Å². The van der Waals surface area contributed by atoms with Crippen LogP contribution in [0.15, 0.2) is 58.8 Å². The largest absolute Gasteiger partial charge is 0.496 e. The van der Waals surface area contributed by atoms with Gasteiger partial charge in [0.1, 0.15) is 5.75 Å². The van der Waals surface area contributed by atoms with Crippen molar-refractivity contribution < 1.29 is 17.9 Å². The number of thiazole rings is 1. The van der Waals surface area contributed by atoms with Crippen LogP contribution in [0.1, 0.15) is 12.0 Å². The van der Waals surface area contributed by atoms with Gasteiger partial charge in [-0.15, -0.1) is 11.3 Å². The molecule has 0 fully saturated rings. The van der Waals surface area contributed by atoms with Crippen LogP contribution in [-0.2, 0) is 14.6 Å². The number of carbonyl (C=O) groups is 1. The quantitative estimate of drug-likeness (QED) is 0.631. The molecule has 0 unspecified atom stereocenters.